The van der Waals surface area contributed by atoms with Gasteiger partial charge in [-0.2, -0.15) is 8.42 Å². The van der Waals surface area contributed by atoms with E-state index in [1.165, 1.54) is 25.2 Å². The summed E-state index contributed by atoms with van der Waals surface area (Å²) in [6, 6.07) is 8.27. The first kappa shape index (κ1) is 22.3. The lowest BCUT2D eigenvalue weighted by Gasteiger charge is -2.08. The zero-order chi connectivity index (χ0) is 22.3. The van der Waals surface area contributed by atoms with Crippen molar-refractivity contribution in [3.8, 4) is 5.75 Å². The summed E-state index contributed by atoms with van der Waals surface area (Å²) in [5.74, 6) is -1.89. The molecule has 0 bridgehead atoms. The molecule has 2 N–H and O–H groups in total. The van der Waals surface area contributed by atoms with Gasteiger partial charge >= 0.3 is 22.1 Å². The zero-order valence-corrected chi connectivity index (χ0v) is 16.2. The highest BCUT2D eigenvalue weighted by Crippen LogP contribution is 2.22. The first-order chi connectivity index (χ1) is 14.1. The SMILES string of the molecule is CNC(=O)NC(=O)COC(=O)c1ccc(OS(=O)(=O)c2cccc([N+](=O)[O-])c2)cc1. The van der Waals surface area contributed by atoms with Crippen LogP contribution < -0.4 is 14.8 Å². The molecule has 0 unspecified atom stereocenters. The van der Waals surface area contributed by atoms with Crippen molar-refractivity contribution in [3.05, 3.63) is 64.2 Å². The minimum Gasteiger partial charge on any atom is -0.452 e. The molecule has 0 aliphatic heterocycles. The smallest absolute Gasteiger partial charge is 0.339 e. The number of amides is 3. The van der Waals surface area contributed by atoms with Crippen molar-refractivity contribution in [3.63, 3.8) is 0 Å². The molecule has 0 fully saturated rings. The number of nitro benzene ring substituents is 1. The van der Waals surface area contributed by atoms with Gasteiger partial charge in [-0.05, 0) is 30.3 Å². The van der Waals surface area contributed by atoms with Crippen LogP contribution >= 0.6 is 0 Å². The summed E-state index contributed by atoms with van der Waals surface area (Å²) in [6.45, 7) is -0.703. The van der Waals surface area contributed by atoms with Gasteiger partial charge in [0.2, 0.25) is 0 Å². The van der Waals surface area contributed by atoms with Gasteiger partial charge < -0.3 is 14.2 Å². The molecule has 0 saturated heterocycles. The minimum atomic E-state index is -4.35. The van der Waals surface area contributed by atoms with E-state index in [0.717, 1.165) is 30.3 Å². The van der Waals surface area contributed by atoms with Gasteiger partial charge in [0, 0.05) is 19.2 Å². The van der Waals surface area contributed by atoms with E-state index in [1.807, 2.05) is 5.32 Å². The van der Waals surface area contributed by atoms with Gasteiger partial charge in [0.15, 0.2) is 6.61 Å². The average molecular weight is 437 g/mol. The van der Waals surface area contributed by atoms with E-state index in [1.54, 1.807) is 0 Å². The van der Waals surface area contributed by atoms with Gasteiger partial charge in [0.05, 0.1) is 10.5 Å². The van der Waals surface area contributed by atoms with Gasteiger partial charge in [-0.1, -0.05) is 6.07 Å². The first-order valence-corrected chi connectivity index (χ1v) is 9.51. The molecule has 12 nitrogen and oxygen atoms in total. The number of hydrogen-bond acceptors (Lipinski definition) is 9. The number of ether oxygens (including phenoxy) is 1. The van der Waals surface area contributed by atoms with Crippen LogP contribution in [0.25, 0.3) is 0 Å². The predicted molar refractivity (Wildman–Crippen MR) is 100 cm³/mol. The maximum absolute atomic E-state index is 12.3. The van der Waals surface area contributed by atoms with Gasteiger partial charge in [0.1, 0.15) is 10.6 Å². The molecule has 0 radical (unpaired) electrons. The maximum Gasteiger partial charge on any atom is 0.339 e. The number of carbonyl (C=O) groups is 3. The van der Waals surface area contributed by atoms with Gasteiger partial charge in [-0.25, -0.2) is 9.59 Å². The van der Waals surface area contributed by atoms with Crippen LogP contribution in [-0.4, -0.2) is 44.9 Å². The summed E-state index contributed by atoms with van der Waals surface area (Å²) in [5.41, 5.74) is -0.430. The number of nitro groups is 1. The third-order valence-corrected chi connectivity index (χ3v) is 4.67. The van der Waals surface area contributed by atoms with Crippen molar-refractivity contribution in [2.24, 2.45) is 0 Å². The molecule has 2 aromatic rings. The third kappa shape index (κ3) is 6.00. The number of hydrogen-bond donors (Lipinski definition) is 2. The Morgan fingerprint density at radius 1 is 1.10 bits per heavy atom. The average Bonchev–Trinajstić information content (AvgIpc) is 2.72. The number of imide groups is 1. The molecule has 158 valence electrons. The molecular weight excluding hydrogens is 422 g/mol. The summed E-state index contributed by atoms with van der Waals surface area (Å²) in [6.07, 6.45) is 0. The monoisotopic (exact) mass is 437 g/mol. The van der Waals surface area contributed by atoms with Crippen molar-refractivity contribution in [1.29, 1.82) is 0 Å². The van der Waals surface area contributed by atoms with E-state index in [4.69, 9.17) is 8.92 Å². The largest absolute Gasteiger partial charge is 0.452 e. The molecule has 2 aromatic carbocycles. The number of rotatable bonds is 7. The van der Waals surface area contributed by atoms with E-state index in [9.17, 15) is 32.9 Å². The summed E-state index contributed by atoms with van der Waals surface area (Å²) < 4.78 is 34.2. The molecule has 0 heterocycles. The summed E-state index contributed by atoms with van der Waals surface area (Å²) in [5, 5.41) is 14.8. The van der Waals surface area contributed by atoms with Crippen molar-refractivity contribution in [2.45, 2.75) is 4.90 Å². The fourth-order valence-corrected chi connectivity index (χ4v) is 2.98. The second-order valence-electron chi connectivity index (χ2n) is 5.52. The number of non-ortho nitro benzene ring substituents is 1. The fraction of sp³-hybridized carbons (Fsp3) is 0.118. The molecule has 0 aromatic heterocycles. The Hall–Kier alpha value is -4.00. The Morgan fingerprint density at radius 2 is 1.77 bits per heavy atom. The number of nitrogens with one attached hydrogen (secondary N) is 2. The van der Waals surface area contributed by atoms with Crippen molar-refractivity contribution in [1.82, 2.24) is 10.6 Å². The predicted octanol–water partition coefficient (Wildman–Crippen LogP) is 0.975. The number of carbonyl (C=O) groups excluding carboxylic acids is 3. The van der Waals surface area contributed by atoms with Crippen LogP contribution in [0.2, 0.25) is 0 Å². The van der Waals surface area contributed by atoms with Crippen LogP contribution in [0.4, 0.5) is 10.5 Å². The van der Waals surface area contributed by atoms with Crippen LogP contribution in [0.15, 0.2) is 53.4 Å². The Morgan fingerprint density at radius 3 is 2.37 bits per heavy atom. The molecule has 0 aliphatic carbocycles. The summed E-state index contributed by atoms with van der Waals surface area (Å²) >= 11 is 0. The second kappa shape index (κ2) is 9.47. The first-order valence-electron chi connectivity index (χ1n) is 8.10. The number of urea groups is 1. The van der Waals surface area contributed by atoms with E-state index in [0.29, 0.717) is 0 Å². The van der Waals surface area contributed by atoms with Crippen molar-refractivity contribution >= 4 is 33.7 Å². The molecule has 3 amide bonds. The minimum absolute atomic E-state index is 0.0113. The standard InChI is InChI=1S/C17H15N3O9S/c1-18-17(23)19-15(21)10-28-16(22)11-5-7-13(8-6-11)29-30(26,27)14-4-2-3-12(9-14)20(24)25/h2-9H,10H2,1H3,(H2,18,19,21,23). The highest BCUT2D eigenvalue weighted by molar-refractivity contribution is 7.87. The van der Waals surface area contributed by atoms with Gasteiger partial charge in [-0.3, -0.25) is 20.2 Å². The lowest BCUT2D eigenvalue weighted by atomic mass is 10.2. The lowest BCUT2D eigenvalue weighted by Crippen LogP contribution is -2.39. The molecule has 0 aliphatic rings. The van der Waals surface area contributed by atoms with Crippen LogP contribution in [0, 0.1) is 10.1 Å². The van der Waals surface area contributed by atoms with E-state index < -0.39 is 50.1 Å². The van der Waals surface area contributed by atoms with E-state index >= 15 is 0 Å². The quantitative estimate of drug-likeness (QED) is 0.277. The van der Waals surface area contributed by atoms with Crippen molar-refractivity contribution in [2.75, 3.05) is 13.7 Å². The van der Waals surface area contributed by atoms with Crippen LogP contribution in [0.5, 0.6) is 5.75 Å². The fourth-order valence-electron chi connectivity index (χ4n) is 2.01. The topological polar surface area (TPSA) is 171 Å². The second-order valence-corrected chi connectivity index (χ2v) is 7.07. The Balaban J connectivity index is 2.02. The molecule has 13 heteroatoms. The van der Waals surface area contributed by atoms with Crippen LogP contribution in [0.3, 0.4) is 0 Å². The zero-order valence-electron chi connectivity index (χ0n) is 15.4. The molecule has 30 heavy (non-hydrogen) atoms. The normalized spacial score (nSPS) is 10.6. The van der Waals surface area contributed by atoms with Crippen molar-refractivity contribution < 1.29 is 36.6 Å². The van der Waals surface area contributed by atoms with E-state index in [2.05, 4.69) is 5.32 Å². The maximum atomic E-state index is 12.3. The highest BCUT2D eigenvalue weighted by atomic mass is 32.2. The third-order valence-electron chi connectivity index (χ3n) is 3.43. The number of benzene rings is 2. The molecular formula is C17H15N3O9S. The van der Waals surface area contributed by atoms with Gasteiger partial charge in [-0.15, -0.1) is 0 Å². The number of esters is 1. The van der Waals surface area contributed by atoms with E-state index in [-0.39, 0.29) is 11.3 Å². The summed E-state index contributed by atoms with van der Waals surface area (Å²) in [7, 11) is -3.05. The molecule has 0 spiro atoms. The lowest BCUT2D eigenvalue weighted by molar-refractivity contribution is -0.385. The highest BCUT2D eigenvalue weighted by Gasteiger charge is 2.20. The van der Waals surface area contributed by atoms with Crippen LogP contribution in [-0.2, 0) is 19.6 Å². The Kier molecular flexibility index (Phi) is 7.03. The van der Waals surface area contributed by atoms with Gasteiger partial charge in [0.25, 0.3) is 11.6 Å². The Bertz CT molecular complexity index is 1080. The molecule has 0 atom stereocenters. The number of nitrogens with zero attached hydrogens (tertiary/aromatic N) is 1. The van der Waals surface area contributed by atoms with Crippen LogP contribution in [0.1, 0.15) is 10.4 Å². The molecule has 0 saturated carbocycles. The Labute approximate surface area is 170 Å². The summed E-state index contributed by atoms with van der Waals surface area (Å²) in [4.78, 5) is 43.9. The molecule has 2 rings (SSSR count).